The van der Waals surface area contributed by atoms with Gasteiger partial charge in [-0.3, -0.25) is 9.59 Å². The van der Waals surface area contributed by atoms with Crippen LogP contribution < -0.4 is 27.0 Å². The number of nitrogens with one attached hydrogen (secondary N) is 4. The number of carbonyl (C=O) groups excluding carboxylic acids is 2. The van der Waals surface area contributed by atoms with Gasteiger partial charge >= 0.3 is 0 Å². The third-order valence-corrected chi connectivity index (χ3v) is 5.91. The second-order valence-corrected chi connectivity index (χ2v) is 8.78. The molecule has 1 aliphatic rings. The number of carbonyl (C=O) groups is 2. The van der Waals surface area contributed by atoms with Crippen molar-refractivity contribution >= 4 is 23.6 Å². The van der Waals surface area contributed by atoms with E-state index in [-0.39, 0.29) is 24.2 Å². The van der Waals surface area contributed by atoms with Gasteiger partial charge < -0.3 is 27.0 Å². The number of nitrogens with zero attached hydrogens (tertiary/aromatic N) is 2. The number of nitrogens with two attached hydrogens (primary N) is 1. The van der Waals surface area contributed by atoms with E-state index in [4.69, 9.17) is 5.73 Å². The first-order chi connectivity index (χ1) is 17.0. The van der Waals surface area contributed by atoms with E-state index in [1.807, 2.05) is 0 Å². The molecule has 1 aliphatic heterocycles. The summed E-state index contributed by atoms with van der Waals surface area (Å²) in [6.07, 6.45) is 9.06. The van der Waals surface area contributed by atoms with E-state index in [0.29, 0.717) is 43.3 Å². The predicted octanol–water partition coefficient (Wildman–Crippen LogP) is 2.95. The van der Waals surface area contributed by atoms with Crippen LogP contribution in [0.25, 0.3) is 0 Å². The highest BCUT2D eigenvalue weighted by atomic mass is 19.1. The smallest absolute Gasteiger partial charge is 0.256 e. The monoisotopic (exact) mass is 485 g/mol. The number of hydrogen-bond donors (Lipinski definition) is 5. The Morgan fingerprint density at radius 2 is 1.63 bits per heavy atom. The standard InChI is InChI=1S/C25H36FN7O2/c26-19-11-9-18(10-12-19)16-31-23(34)20-17-32-25-30-14-6-4-2-1-3-5-13-29-24(35)21(27)8-7-15-28-22(20)33-25/h9-12,17,21H,1-8,13-16,27H2,(H,29,35)(H,31,34)(H2,28,30,32,33)/t21-/m0/s1. The third kappa shape index (κ3) is 9.12. The number of fused-ring (bicyclic) bond motifs is 2. The average molecular weight is 486 g/mol. The van der Waals surface area contributed by atoms with Crippen molar-refractivity contribution in [1.29, 1.82) is 0 Å². The van der Waals surface area contributed by atoms with Gasteiger partial charge in [-0.25, -0.2) is 9.37 Å². The molecule has 10 heteroatoms. The van der Waals surface area contributed by atoms with E-state index in [9.17, 15) is 14.0 Å². The van der Waals surface area contributed by atoms with Crippen molar-refractivity contribution in [3.05, 3.63) is 47.4 Å². The van der Waals surface area contributed by atoms with Gasteiger partial charge in [0.15, 0.2) is 0 Å². The molecule has 190 valence electrons. The molecule has 2 bridgehead atoms. The van der Waals surface area contributed by atoms with Gasteiger partial charge in [0.25, 0.3) is 5.91 Å². The SMILES string of the molecule is N[C@H]1CCCNc2nc(ncc2C(=O)NCc2ccc(F)cc2)NCCCCCCCCNC1=O. The topological polar surface area (TPSA) is 134 Å². The second-order valence-electron chi connectivity index (χ2n) is 8.78. The highest BCUT2D eigenvalue weighted by molar-refractivity contribution is 5.98. The molecule has 0 spiro atoms. The van der Waals surface area contributed by atoms with Crippen molar-refractivity contribution in [3.63, 3.8) is 0 Å². The molecule has 0 aliphatic carbocycles. The van der Waals surface area contributed by atoms with Crippen molar-refractivity contribution in [3.8, 4) is 0 Å². The van der Waals surface area contributed by atoms with Gasteiger partial charge in [-0.2, -0.15) is 4.98 Å². The maximum absolute atomic E-state index is 13.1. The lowest BCUT2D eigenvalue weighted by atomic mass is 10.1. The van der Waals surface area contributed by atoms with E-state index >= 15 is 0 Å². The lowest BCUT2D eigenvalue weighted by Gasteiger charge is -2.15. The molecule has 0 radical (unpaired) electrons. The summed E-state index contributed by atoms with van der Waals surface area (Å²) in [4.78, 5) is 33.9. The number of amides is 2. The molecule has 0 saturated heterocycles. The fourth-order valence-electron chi connectivity index (χ4n) is 3.81. The van der Waals surface area contributed by atoms with Crippen molar-refractivity contribution in [2.24, 2.45) is 5.73 Å². The number of anilines is 2. The number of hydrogen-bond acceptors (Lipinski definition) is 7. The highest BCUT2D eigenvalue weighted by Gasteiger charge is 2.16. The summed E-state index contributed by atoms with van der Waals surface area (Å²) >= 11 is 0. The van der Waals surface area contributed by atoms with E-state index in [1.165, 1.54) is 18.3 Å². The van der Waals surface area contributed by atoms with Crippen LogP contribution in [-0.4, -0.2) is 47.5 Å². The van der Waals surface area contributed by atoms with E-state index in [0.717, 1.165) is 50.6 Å². The van der Waals surface area contributed by atoms with Crippen molar-refractivity contribution in [2.75, 3.05) is 30.3 Å². The predicted molar refractivity (Wildman–Crippen MR) is 135 cm³/mol. The van der Waals surface area contributed by atoms with Gasteiger partial charge in [0.2, 0.25) is 11.9 Å². The minimum Gasteiger partial charge on any atom is -0.369 e. The van der Waals surface area contributed by atoms with Crippen LogP contribution in [0.1, 0.15) is 67.3 Å². The van der Waals surface area contributed by atoms with E-state index in [2.05, 4.69) is 31.2 Å². The largest absolute Gasteiger partial charge is 0.369 e. The minimum absolute atomic E-state index is 0.128. The molecule has 1 aromatic heterocycles. The van der Waals surface area contributed by atoms with Gasteiger partial charge in [-0.1, -0.05) is 37.8 Å². The number of aromatic nitrogens is 2. The van der Waals surface area contributed by atoms with Crippen LogP contribution in [0.15, 0.2) is 30.5 Å². The van der Waals surface area contributed by atoms with Crippen LogP contribution >= 0.6 is 0 Å². The van der Waals surface area contributed by atoms with Gasteiger partial charge in [-0.05, 0) is 43.4 Å². The number of rotatable bonds is 3. The van der Waals surface area contributed by atoms with E-state index < -0.39 is 6.04 Å². The maximum atomic E-state index is 13.1. The molecule has 0 unspecified atom stereocenters. The van der Waals surface area contributed by atoms with Crippen LogP contribution in [0.3, 0.4) is 0 Å². The lowest BCUT2D eigenvalue weighted by Crippen LogP contribution is -2.41. The average Bonchev–Trinajstić information content (AvgIpc) is 2.86. The molecule has 2 heterocycles. The van der Waals surface area contributed by atoms with Crippen LogP contribution in [0.5, 0.6) is 0 Å². The molecule has 9 nitrogen and oxygen atoms in total. The number of halogens is 1. The Morgan fingerprint density at radius 3 is 2.37 bits per heavy atom. The van der Waals surface area contributed by atoms with Crippen molar-refractivity contribution < 1.29 is 14.0 Å². The van der Waals surface area contributed by atoms with Crippen molar-refractivity contribution in [2.45, 2.75) is 64.0 Å². The Hall–Kier alpha value is -3.27. The van der Waals surface area contributed by atoms with Crippen LogP contribution in [0.4, 0.5) is 16.2 Å². The first-order valence-corrected chi connectivity index (χ1v) is 12.4. The number of benzene rings is 1. The quantitative estimate of drug-likeness (QED) is 0.451. The molecule has 3 rings (SSSR count). The second kappa shape index (κ2) is 14.2. The first kappa shape index (κ1) is 26.3. The summed E-state index contributed by atoms with van der Waals surface area (Å²) in [6.45, 7) is 2.16. The summed E-state index contributed by atoms with van der Waals surface area (Å²) in [5, 5.41) is 12.2. The first-order valence-electron chi connectivity index (χ1n) is 12.4. The molecular formula is C25H36FN7O2. The molecular weight excluding hydrogens is 449 g/mol. The summed E-state index contributed by atoms with van der Waals surface area (Å²) in [6, 6.07) is 5.39. The summed E-state index contributed by atoms with van der Waals surface area (Å²) in [7, 11) is 0. The zero-order valence-electron chi connectivity index (χ0n) is 20.1. The fourth-order valence-corrected chi connectivity index (χ4v) is 3.81. The van der Waals surface area contributed by atoms with Crippen molar-refractivity contribution in [1.82, 2.24) is 20.6 Å². The maximum Gasteiger partial charge on any atom is 0.256 e. The highest BCUT2D eigenvalue weighted by Crippen LogP contribution is 2.16. The van der Waals surface area contributed by atoms with Crippen LogP contribution in [0, 0.1) is 5.82 Å². The van der Waals surface area contributed by atoms with Gasteiger partial charge in [0.05, 0.1) is 6.04 Å². The summed E-state index contributed by atoms with van der Waals surface area (Å²) in [5.41, 5.74) is 7.13. The van der Waals surface area contributed by atoms with Crippen LogP contribution in [-0.2, 0) is 11.3 Å². The normalized spacial score (nSPS) is 18.6. The Balaban J connectivity index is 1.65. The summed E-state index contributed by atoms with van der Waals surface area (Å²) in [5.74, 6) is 0.0785. The van der Waals surface area contributed by atoms with Gasteiger partial charge in [0, 0.05) is 32.4 Å². The molecule has 0 saturated carbocycles. The zero-order valence-corrected chi connectivity index (χ0v) is 20.1. The molecule has 1 aromatic carbocycles. The minimum atomic E-state index is -0.569. The third-order valence-electron chi connectivity index (χ3n) is 5.91. The van der Waals surface area contributed by atoms with Gasteiger partial charge in [-0.15, -0.1) is 0 Å². The Kier molecular flexibility index (Phi) is 10.7. The van der Waals surface area contributed by atoms with Gasteiger partial charge in [0.1, 0.15) is 17.2 Å². The molecule has 6 N–H and O–H groups in total. The fraction of sp³-hybridized carbons (Fsp3) is 0.520. The molecule has 0 fully saturated rings. The Bertz CT molecular complexity index is 955. The van der Waals surface area contributed by atoms with Crippen LogP contribution in [0.2, 0.25) is 0 Å². The molecule has 2 amide bonds. The molecule has 1 atom stereocenters. The molecule has 2 aromatic rings. The molecule has 35 heavy (non-hydrogen) atoms. The van der Waals surface area contributed by atoms with E-state index in [1.54, 1.807) is 12.1 Å². The zero-order chi connectivity index (χ0) is 24.9. The summed E-state index contributed by atoms with van der Waals surface area (Å²) < 4.78 is 13.1. The Morgan fingerprint density at radius 1 is 0.971 bits per heavy atom. The Labute approximate surface area is 205 Å². The lowest BCUT2D eigenvalue weighted by molar-refractivity contribution is -0.122.